The van der Waals surface area contributed by atoms with Crippen LogP contribution in [0.3, 0.4) is 0 Å². The van der Waals surface area contributed by atoms with Gasteiger partial charge in [-0.05, 0) is 6.42 Å². The average molecular weight is 338 g/mol. The van der Waals surface area contributed by atoms with Crippen molar-refractivity contribution in [2.45, 2.75) is 25.3 Å². The molecule has 0 amide bonds. The molecule has 0 radical (unpaired) electrons. The van der Waals surface area contributed by atoms with E-state index in [1.807, 2.05) is 0 Å². The molecule has 0 spiro atoms. The third-order valence-corrected chi connectivity index (χ3v) is 3.18. The van der Waals surface area contributed by atoms with Gasteiger partial charge in [0.25, 0.3) is 0 Å². The Kier molecular flexibility index (Phi) is 11.0. The normalized spacial score (nSPS) is 12.8. The van der Waals surface area contributed by atoms with E-state index in [0.29, 0.717) is 19.8 Å². The molecular formula is C11H21F3O6S. The second-order valence-corrected chi connectivity index (χ2v) is 5.52. The second kappa shape index (κ2) is 11.2. The van der Waals surface area contributed by atoms with Gasteiger partial charge in [-0.3, -0.25) is 4.18 Å². The van der Waals surface area contributed by atoms with Gasteiger partial charge < -0.3 is 14.2 Å². The van der Waals surface area contributed by atoms with Crippen LogP contribution >= 0.6 is 0 Å². The molecule has 0 unspecified atom stereocenters. The lowest BCUT2D eigenvalue weighted by atomic mass is 10.4. The molecule has 0 N–H and O–H groups in total. The maximum Gasteiger partial charge on any atom is 0.523 e. The summed E-state index contributed by atoms with van der Waals surface area (Å²) >= 11 is 0. The molecule has 0 saturated heterocycles. The quantitative estimate of drug-likeness (QED) is 0.289. The number of halogens is 3. The van der Waals surface area contributed by atoms with Gasteiger partial charge in [0, 0.05) is 6.61 Å². The first-order valence-corrected chi connectivity index (χ1v) is 7.91. The molecular weight excluding hydrogens is 317 g/mol. The Morgan fingerprint density at radius 2 is 1.24 bits per heavy atom. The summed E-state index contributed by atoms with van der Waals surface area (Å²) < 4.78 is 75.6. The van der Waals surface area contributed by atoms with E-state index in [4.69, 9.17) is 14.2 Å². The van der Waals surface area contributed by atoms with E-state index in [-0.39, 0.29) is 19.8 Å². The zero-order valence-electron chi connectivity index (χ0n) is 11.9. The molecule has 0 atom stereocenters. The first kappa shape index (κ1) is 20.6. The van der Waals surface area contributed by atoms with Gasteiger partial charge in [0.2, 0.25) is 0 Å². The third-order valence-electron chi connectivity index (χ3n) is 2.14. The molecule has 0 aromatic carbocycles. The van der Waals surface area contributed by atoms with Crippen molar-refractivity contribution in [1.29, 1.82) is 0 Å². The van der Waals surface area contributed by atoms with E-state index in [2.05, 4.69) is 11.1 Å². The Bertz CT molecular complexity index is 344. The highest BCUT2D eigenvalue weighted by Crippen LogP contribution is 2.24. The number of unbranched alkanes of at least 4 members (excludes halogenated alkanes) is 1. The number of ether oxygens (including phenoxy) is 3. The van der Waals surface area contributed by atoms with Gasteiger partial charge >= 0.3 is 15.6 Å². The lowest BCUT2D eigenvalue weighted by molar-refractivity contribution is -0.0560. The number of alkyl halides is 3. The van der Waals surface area contributed by atoms with Crippen molar-refractivity contribution in [3.05, 3.63) is 0 Å². The molecule has 6 nitrogen and oxygen atoms in total. The van der Waals surface area contributed by atoms with Gasteiger partial charge in [-0.2, -0.15) is 21.6 Å². The standard InChI is InChI=1S/C11H21F3O6S/c1-2-3-4-17-5-6-18-7-8-19-9-10-20-21(15,16)11(12,13)14/h2-10H2,1H3. The van der Waals surface area contributed by atoms with Crippen molar-refractivity contribution in [2.24, 2.45) is 0 Å². The Morgan fingerprint density at radius 1 is 0.810 bits per heavy atom. The van der Waals surface area contributed by atoms with Crippen LogP contribution in [-0.2, 0) is 28.5 Å². The van der Waals surface area contributed by atoms with E-state index in [1.54, 1.807) is 0 Å². The van der Waals surface area contributed by atoms with Crippen molar-refractivity contribution in [3.8, 4) is 0 Å². The Balaban J connectivity index is 3.34. The van der Waals surface area contributed by atoms with E-state index in [1.165, 1.54) is 0 Å². The molecule has 0 aliphatic heterocycles. The van der Waals surface area contributed by atoms with Crippen LogP contribution in [0.15, 0.2) is 0 Å². The molecule has 0 aliphatic rings. The van der Waals surface area contributed by atoms with Crippen molar-refractivity contribution in [2.75, 3.05) is 46.2 Å². The fraction of sp³-hybridized carbons (Fsp3) is 1.00. The van der Waals surface area contributed by atoms with Crippen LogP contribution in [0.5, 0.6) is 0 Å². The van der Waals surface area contributed by atoms with Gasteiger partial charge in [0.15, 0.2) is 0 Å². The molecule has 0 fully saturated rings. The van der Waals surface area contributed by atoms with E-state index >= 15 is 0 Å². The van der Waals surface area contributed by atoms with Gasteiger partial charge in [-0.1, -0.05) is 13.3 Å². The van der Waals surface area contributed by atoms with Crippen molar-refractivity contribution >= 4 is 10.1 Å². The number of rotatable bonds is 13. The van der Waals surface area contributed by atoms with Crippen LogP contribution in [0.2, 0.25) is 0 Å². The Hall–Kier alpha value is -0.420. The van der Waals surface area contributed by atoms with Crippen LogP contribution in [0.4, 0.5) is 13.2 Å². The molecule has 0 rings (SSSR count). The first-order chi connectivity index (χ1) is 9.81. The summed E-state index contributed by atoms with van der Waals surface area (Å²) in [6.45, 7) is 3.00. The minimum atomic E-state index is -5.54. The zero-order valence-corrected chi connectivity index (χ0v) is 12.7. The Morgan fingerprint density at radius 3 is 1.67 bits per heavy atom. The van der Waals surface area contributed by atoms with Crippen LogP contribution in [-0.4, -0.2) is 60.2 Å². The molecule has 0 saturated carbocycles. The summed E-state index contributed by atoms with van der Waals surface area (Å²) in [4.78, 5) is 0. The predicted octanol–water partition coefficient (Wildman–Crippen LogP) is 1.70. The maximum absolute atomic E-state index is 11.9. The van der Waals surface area contributed by atoms with Crippen molar-refractivity contribution < 1.29 is 40.0 Å². The average Bonchev–Trinajstić information content (AvgIpc) is 2.38. The molecule has 128 valence electrons. The summed E-state index contributed by atoms with van der Waals surface area (Å²) in [6.07, 6.45) is 2.05. The molecule has 0 bridgehead atoms. The topological polar surface area (TPSA) is 71.1 Å². The molecule has 0 aromatic rings. The maximum atomic E-state index is 11.9. The van der Waals surface area contributed by atoms with Crippen molar-refractivity contribution in [3.63, 3.8) is 0 Å². The molecule has 0 heterocycles. The van der Waals surface area contributed by atoms with E-state index in [9.17, 15) is 21.6 Å². The predicted molar refractivity (Wildman–Crippen MR) is 68.3 cm³/mol. The summed E-state index contributed by atoms with van der Waals surface area (Å²) in [7, 11) is -5.54. The van der Waals surface area contributed by atoms with Gasteiger partial charge in [0.05, 0.1) is 39.6 Å². The molecule has 0 aromatic heterocycles. The van der Waals surface area contributed by atoms with Crippen molar-refractivity contribution in [1.82, 2.24) is 0 Å². The van der Waals surface area contributed by atoms with E-state index < -0.39 is 22.2 Å². The van der Waals surface area contributed by atoms with Crippen LogP contribution in [0, 0.1) is 0 Å². The summed E-state index contributed by atoms with van der Waals surface area (Å²) in [5.41, 5.74) is -5.41. The third kappa shape index (κ3) is 10.9. The monoisotopic (exact) mass is 338 g/mol. The summed E-state index contributed by atoms with van der Waals surface area (Å²) in [6, 6.07) is 0. The molecule has 0 aliphatic carbocycles. The lowest BCUT2D eigenvalue weighted by Crippen LogP contribution is -2.27. The van der Waals surface area contributed by atoms with Gasteiger partial charge in [-0.15, -0.1) is 0 Å². The largest absolute Gasteiger partial charge is 0.523 e. The summed E-state index contributed by atoms with van der Waals surface area (Å²) in [5.74, 6) is 0. The van der Waals surface area contributed by atoms with Gasteiger partial charge in [-0.25, -0.2) is 0 Å². The molecule has 21 heavy (non-hydrogen) atoms. The molecule has 10 heteroatoms. The Labute approximate surface area is 122 Å². The SMILES string of the molecule is CCCCOCCOCCOCCOS(=O)(=O)C(F)(F)F. The van der Waals surface area contributed by atoms with Crippen LogP contribution < -0.4 is 0 Å². The fourth-order valence-corrected chi connectivity index (χ4v) is 1.48. The fourth-order valence-electron chi connectivity index (χ4n) is 1.06. The highest BCUT2D eigenvalue weighted by molar-refractivity contribution is 7.87. The summed E-state index contributed by atoms with van der Waals surface area (Å²) in [5, 5.41) is 0. The van der Waals surface area contributed by atoms with Crippen LogP contribution in [0.1, 0.15) is 19.8 Å². The minimum Gasteiger partial charge on any atom is -0.379 e. The van der Waals surface area contributed by atoms with E-state index in [0.717, 1.165) is 12.8 Å². The second-order valence-electron chi connectivity index (χ2n) is 3.91. The highest BCUT2D eigenvalue weighted by atomic mass is 32.2. The van der Waals surface area contributed by atoms with Gasteiger partial charge in [0.1, 0.15) is 0 Å². The number of hydrogen-bond acceptors (Lipinski definition) is 6. The van der Waals surface area contributed by atoms with Crippen LogP contribution in [0.25, 0.3) is 0 Å². The minimum absolute atomic E-state index is 0.129. The zero-order chi connectivity index (χ0) is 16.2. The highest BCUT2D eigenvalue weighted by Gasteiger charge is 2.47. The number of hydrogen-bond donors (Lipinski definition) is 0. The smallest absolute Gasteiger partial charge is 0.379 e. The lowest BCUT2D eigenvalue weighted by Gasteiger charge is -2.09. The first-order valence-electron chi connectivity index (χ1n) is 6.50.